The molecule has 2 heteroatoms. The predicted octanol–water partition coefficient (Wildman–Crippen LogP) is 3.17. The van der Waals surface area contributed by atoms with Crippen molar-refractivity contribution in [3.63, 3.8) is 0 Å². The monoisotopic (exact) mass is 234 g/mol. The van der Waals surface area contributed by atoms with E-state index in [0.29, 0.717) is 0 Å². The van der Waals surface area contributed by atoms with Crippen LogP contribution >= 0.6 is 0 Å². The Balaban J connectivity index is 2.13. The first kappa shape index (κ1) is 12.6. The number of aliphatic hydroxyl groups excluding tert-OH is 1. The largest absolute Gasteiger partial charge is 0.390 e. The first-order valence-corrected chi connectivity index (χ1v) is 6.33. The Morgan fingerprint density at radius 1 is 1.18 bits per heavy atom. The van der Waals surface area contributed by atoms with E-state index in [4.69, 9.17) is 4.74 Å². The molecule has 0 unspecified atom stereocenters. The van der Waals surface area contributed by atoms with E-state index in [0.717, 1.165) is 0 Å². The summed E-state index contributed by atoms with van der Waals surface area (Å²) >= 11 is 0. The van der Waals surface area contributed by atoms with Crippen LogP contribution in [-0.2, 0) is 4.74 Å². The van der Waals surface area contributed by atoms with Crippen LogP contribution in [0.5, 0.6) is 0 Å². The van der Waals surface area contributed by atoms with Crippen molar-refractivity contribution in [2.24, 2.45) is 11.3 Å². The van der Waals surface area contributed by atoms with Gasteiger partial charge in [-0.05, 0) is 11.5 Å². The maximum absolute atomic E-state index is 10.1. The highest BCUT2D eigenvalue weighted by Gasteiger charge is 2.53. The summed E-state index contributed by atoms with van der Waals surface area (Å²) in [5.74, 6) is 0.232. The molecule has 0 saturated carbocycles. The number of ether oxygens (including phenoxy) is 1. The van der Waals surface area contributed by atoms with Gasteiger partial charge in [-0.1, -0.05) is 58.0 Å². The summed E-state index contributed by atoms with van der Waals surface area (Å²) in [6.45, 7) is 8.40. The Kier molecular flexibility index (Phi) is 3.28. The molecule has 0 spiro atoms. The second-order valence-corrected chi connectivity index (χ2v) is 5.90. The van der Waals surface area contributed by atoms with Gasteiger partial charge in [-0.3, -0.25) is 0 Å². The zero-order valence-corrected chi connectivity index (χ0v) is 11.1. The fourth-order valence-corrected chi connectivity index (χ4v) is 2.58. The maximum atomic E-state index is 10.1. The Hall–Kier alpha value is -0.860. The molecule has 0 radical (unpaired) electrons. The van der Waals surface area contributed by atoms with E-state index in [9.17, 15) is 5.11 Å². The van der Waals surface area contributed by atoms with Crippen LogP contribution in [0, 0.1) is 11.3 Å². The minimum atomic E-state index is -0.384. The lowest BCUT2D eigenvalue weighted by Gasteiger charge is -2.54. The maximum Gasteiger partial charge on any atom is 0.0923 e. The van der Waals surface area contributed by atoms with E-state index in [2.05, 4.69) is 26.0 Å². The molecule has 0 aromatic heterocycles. The van der Waals surface area contributed by atoms with Crippen molar-refractivity contribution in [3.05, 3.63) is 35.9 Å². The molecule has 2 nitrogen and oxygen atoms in total. The highest BCUT2D eigenvalue weighted by atomic mass is 16.5. The predicted molar refractivity (Wildman–Crippen MR) is 68.7 cm³/mol. The van der Waals surface area contributed by atoms with Gasteiger partial charge in [0.05, 0.1) is 18.3 Å². The van der Waals surface area contributed by atoms with Crippen molar-refractivity contribution in [1.29, 1.82) is 0 Å². The van der Waals surface area contributed by atoms with Gasteiger partial charge in [0.15, 0.2) is 0 Å². The van der Waals surface area contributed by atoms with E-state index in [1.54, 1.807) is 0 Å². The van der Waals surface area contributed by atoms with Gasteiger partial charge in [0.2, 0.25) is 0 Å². The van der Waals surface area contributed by atoms with Crippen LogP contribution < -0.4 is 0 Å². The second kappa shape index (κ2) is 4.43. The lowest BCUT2D eigenvalue weighted by Crippen LogP contribution is -2.57. The molecule has 1 heterocycles. The van der Waals surface area contributed by atoms with Crippen LogP contribution in [0.1, 0.15) is 39.4 Å². The van der Waals surface area contributed by atoms with Gasteiger partial charge in [-0.15, -0.1) is 0 Å². The van der Waals surface area contributed by atoms with Crippen molar-refractivity contribution in [1.82, 2.24) is 0 Å². The lowest BCUT2D eigenvalue weighted by molar-refractivity contribution is -0.277. The molecular weight excluding hydrogens is 212 g/mol. The summed E-state index contributed by atoms with van der Waals surface area (Å²) < 4.78 is 5.91. The number of hydrogen-bond donors (Lipinski definition) is 1. The fraction of sp³-hybridized carbons (Fsp3) is 0.600. The standard InChI is InChI=1S/C15H22O2/c1-10(2)12(16)14-15(3,4)13(17-14)11-8-6-5-7-9-11/h5-10,12-14,16H,1-4H3/t12-,13-,14+/m0/s1. The molecule has 1 aliphatic rings. The SMILES string of the molecule is CC(C)[C@H](O)[C@H]1O[C@@H](c2ccccc2)C1(C)C. The minimum Gasteiger partial charge on any atom is -0.390 e. The molecule has 94 valence electrons. The quantitative estimate of drug-likeness (QED) is 0.870. The Morgan fingerprint density at radius 2 is 1.76 bits per heavy atom. The molecule has 0 amide bonds. The minimum absolute atomic E-state index is 0.00889. The zero-order valence-electron chi connectivity index (χ0n) is 11.1. The van der Waals surface area contributed by atoms with Gasteiger partial charge < -0.3 is 9.84 Å². The third kappa shape index (κ3) is 2.12. The Bertz CT molecular complexity index is 370. The van der Waals surface area contributed by atoms with Crippen LogP contribution in [0.15, 0.2) is 30.3 Å². The van der Waals surface area contributed by atoms with Crippen molar-refractivity contribution < 1.29 is 9.84 Å². The van der Waals surface area contributed by atoms with Crippen molar-refractivity contribution in [2.45, 2.75) is 46.0 Å². The number of rotatable bonds is 3. The van der Waals surface area contributed by atoms with E-state index >= 15 is 0 Å². The van der Waals surface area contributed by atoms with Gasteiger partial charge >= 0.3 is 0 Å². The van der Waals surface area contributed by atoms with Crippen LogP contribution in [-0.4, -0.2) is 17.3 Å². The topological polar surface area (TPSA) is 29.5 Å². The third-order valence-corrected chi connectivity index (χ3v) is 3.79. The first-order valence-electron chi connectivity index (χ1n) is 6.33. The molecule has 1 N–H and O–H groups in total. The highest BCUT2D eigenvalue weighted by molar-refractivity contribution is 5.23. The van der Waals surface area contributed by atoms with Crippen LogP contribution in [0.2, 0.25) is 0 Å². The molecule has 2 rings (SSSR count). The summed E-state index contributed by atoms with van der Waals surface area (Å²) in [5, 5.41) is 10.1. The number of benzene rings is 1. The van der Waals surface area contributed by atoms with E-state index in [-0.39, 0.29) is 29.6 Å². The molecule has 3 atom stereocenters. The molecule has 0 aliphatic carbocycles. The Morgan fingerprint density at radius 3 is 2.24 bits per heavy atom. The smallest absolute Gasteiger partial charge is 0.0923 e. The van der Waals surface area contributed by atoms with Gasteiger partial charge in [0, 0.05) is 5.41 Å². The average molecular weight is 234 g/mol. The molecule has 17 heavy (non-hydrogen) atoms. The normalized spacial score (nSPS) is 28.8. The van der Waals surface area contributed by atoms with Gasteiger partial charge in [0.25, 0.3) is 0 Å². The van der Waals surface area contributed by atoms with Gasteiger partial charge in [-0.2, -0.15) is 0 Å². The fourth-order valence-electron chi connectivity index (χ4n) is 2.58. The molecule has 1 aromatic carbocycles. The molecule has 1 aliphatic heterocycles. The van der Waals surface area contributed by atoms with Gasteiger partial charge in [-0.25, -0.2) is 0 Å². The molecule has 1 aromatic rings. The van der Waals surface area contributed by atoms with Crippen molar-refractivity contribution in [2.75, 3.05) is 0 Å². The number of aliphatic hydroxyl groups is 1. The summed E-state index contributed by atoms with van der Waals surface area (Å²) in [6.07, 6.45) is -0.347. The number of hydrogen-bond acceptors (Lipinski definition) is 2. The summed E-state index contributed by atoms with van der Waals surface area (Å²) in [6, 6.07) is 10.2. The highest BCUT2D eigenvalue weighted by Crippen LogP contribution is 2.52. The summed E-state index contributed by atoms with van der Waals surface area (Å²) in [7, 11) is 0. The molecule has 0 bridgehead atoms. The van der Waals surface area contributed by atoms with Crippen molar-refractivity contribution >= 4 is 0 Å². The summed E-state index contributed by atoms with van der Waals surface area (Å²) in [4.78, 5) is 0. The van der Waals surface area contributed by atoms with Crippen LogP contribution in [0.3, 0.4) is 0 Å². The van der Waals surface area contributed by atoms with E-state index in [1.165, 1.54) is 5.56 Å². The summed E-state index contributed by atoms with van der Waals surface area (Å²) in [5.41, 5.74) is 1.19. The van der Waals surface area contributed by atoms with Gasteiger partial charge in [0.1, 0.15) is 0 Å². The van der Waals surface area contributed by atoms with Crippen LogP contribution in [0.25, 0.3) is 0 Å². The first-order chi connectivity index (χ1) is 7.94. The Labute approximate surface area is 104 Å². The van der Waals surface area contributed by atoms with E-state index in [1.807, 2.05) is 32.0 Å². The average Bonchev–Trinajstić information content (AvgIpc) is 2.29. The molecular formula is C15H22O2. The molecule has 1 saturated heterocycles. The molecule has 1 fully saturated rings. The lowest BCUT2D eigenvalue weighted by atomic mass is 9.69. The zero-order chi connectivity index (χ0) is 12.6. The third-order valence-electron chi connectivity index (χ3n) is 3.79. The van der Waals surface area contributed by atoms with E-state index < -0.39 is 0 Å². The van der Waals surface area contributed by atoms with Crippen LogP contribution in [0.4, 0.5) is 0 Å². The second-order valence-electron chi connectivity index (χ2n) is 5.90. The van der Waals surface area contributed by atoms with Crippen molar-refractivity contribution in [3.8, 4) is 0 Å².